The van der Waals surface area contributed by atoms with Crippen molar-refractivity contribution >= 4 is 0 Å². The molecule has 0 aliphatic carbocycles. The molecular weight excluding hydrogens is 244 g/mol. The molecule has 0 saturated carbocycles. The summed E-state index contributed by atoms with van der Waals surface area (Å²) in [5.74, 6) is 0. The Labute approximate surface area is 86.2 Å². The smallest absolute Gasteiger partial charge is 1.00 e. The van der Waals surface area contributed by atoms with Crippen LogP contribution in [-0.4, -0.2) is 0 Å². The van der Waals surface area contributed by atoms with Crippen LogP contribution in [0.5, 0.6) is 0 Å². The minimum atomic E-state index is -11.3. The predicted octanol–water partition coefficient (Wildman–Crippen LogP) is -0.477. The molecule has 48 valence electrons. The zero-order valence-electron chi connectivity index (χ0n) is 3.77. The molecular formula is F6KZr-. The van der Waals surface area contributed by atoms with E-state index in [1.807, 2.05) is 0 Å². The van der Waals surface area contributed by atoms with Crippen LogP contribution >= 0.6 is 0 Å². The molecule has 0 spiro atoms. The van der Waals surface area contributed by atoms with Gasteiger partial charge in [0.1, 0.15) is 0 Å². The van der Waals surface area contributed by atoms with E-state index in [2.05, 4.69) is 0 Å². The summed E-state index contributed by atoms with van der Waals surface area (Å²) in [5.41, 5.74) is 0. The van der Waals surface area contributed by atoms with Crippen LogP contribution in [0.3, 0.4) is 0 Å². The van der Waals surface area contributed by atoms with Crippen LogP contribution in [0, 0.1) is 0 Å². The van der Waals surface area contributed by atoms with E-state index in [0.717, 1.165) is 0 Å². The van der Waals surface area contributed by atoms with E-state index in [9.17, 15) is 15.8 Å². The normalized spacial score (nSPS) is 20.2. The minimum absolute atomic E-state index is 0. The molecule has 0 aromatic rings. The van der Waals surface area contributed by atoms with Crippen LogP contribution in [0.2, 0.25) is 0 Å². The SMILES string of the molecule is [F][Zr-2]([F])([F])([F])([F])[F].[K+]. The Kier molecular flexibility index (Phi) is 3.25. The Bertz CT molecular complexity index is 67.1. The second kappa shape index (κ2) is 2.04. The third-order valence-corrected chi connectivity index (χ3v) is 0. The summed E-state index contributed by atoms with van der Waals surface area (Å²) in [6.45, 7) is 0. The van der Waals surface area contributed by atoms with Crippen molar-refractivity contribution in [1.82, 2.24) is 0 Å². The van der Waals surface area contributed by atoms with Crippen molar-refractivity contribution in [2.75, 3.05) is 0 Å². The van der Waals surface area contributed by atoms with Gasteiger partial charge in [0.05, 0.1) is 0 Å². The Morgan fingerprint density at radius 2 is 0.625 bits per heavy atom. The molecule has 0 heterocycles. The van der Waals surface area contributed by atoms with Gasteiger partial charge in [-0.2, -0.15) is 0 Å². The maximum atomic E-state index is 9.93. The van der Waals surface area contributed by atoms with Gasteiger partial charge in [0.2, 0.25) is 0 Å². The van der Waals surface area contributed by atoms with Crippen LogP contribution < -0.4 is 51.4 Å². The van der Waals surface area contributed by atoms with Gasteiger partial charge >= 0.3 is 88.1 Å². The summed E-state index contributed by atoms with van der Waals surface area (Å²) in [6.07, 6.45) is 0. The summed E-state index contributed by atoms with van der Waals surface area (Å²) in [4.78, 5) is 0. The molecule has 8 heteroatoms. The quantitative estimate of drug-likeness (QED) is 0.399. The van der Waals surface area contributed by atoms with Crippen molar-refractivity contribution in [1.29, 1.82) is 0 Å². The molecule has 0 aromatic heterocycles. The second-order valence-electron chi connectivity index (χ2n) is 1.07. The Hall–Kier alpha value is 2.10. The maximum absolute atomic E-state index is 11.3. The molecule has 0 unspecified atom stereocenters. The molecule has 0 amide bonds. The van der Waals surface area contributed by atoms with Gasteiger partial charge in [-0.1, -0.05) is 0 Å². The minimum Gasteiger partial charge on any atom is 1.00 e. The van der Waals surface area contributed by atoms with E-state index in [-0.39, 0.29) is 51.4 Å². The van der Waals surface area contributed by atoms with Crippen molar-refractivity contribution in [2.24, 2.45) is 0 Å². The summed E-state index contributed by atoms with van der Waals surface area (Å²) in [5, 5.41) is 0. The van der Waals surface area contributed by atoms with E-state index in [1.165, 1.54) is 0 Å². The van der Waals surface area contributed by atoms with Crippen molar-refractivity contribution in [3.8, 4) is 0 Å². The van der Waals surface area contributed by atoms with Gasteiger partial charge in [-0.05, 0) is 0 Å². The van der Waals surface area contributed by atoms with Gasteiger partial charge in [0.25, 0.3) is 0 Å². The van der Waals surface area contributed by atoms with Gasteiger partial charge in [0, 0.05) is 0 Å². The number of hydrogen-bond acceptors (Lipinski definition) is 0. The Morgan fingerprint density at radius 3 is 0.625 bits per heavy atom. The molecule has 0 fully saturated rings. The fraction of sp³-hybridized carbons (Fsp3) is 0. The fourth-order valence-corrected chi connectivity index (χ4v) is 0. The van der Waals surface area contributed by atoms with Crippen LogP contribution in [0.25, 0.3) is 0 Å². The average Bonchev–Trinajstić information content (AvgIpc) is 0.592. The summed E-state index contributed by atoms with van der Waals surface area (Å²) >= 11 is -11.3. The molecule has 0 atom stereocenters. The molecule has 0 aliphatic heterocycles. The van der Waals surface area contributed by atoms with E-state index in [1.54, 1.807) is 0 Å². The first-order valence-corrected chi connectivity index (χ1v) is 6.71. The van der Waals surface area contributed by atoms with Crippen LogP contribution in [-0.2, 0) is 21.0 Å². The summed E-state index contributed by atoms with van der Waals surface area (Å²) in [6, 6.07) is 0. The van der Waals surface area contributed by atoms with Gasteiger partial charge in [-0.25, -0.2) is 0 Å². The number of hydrogen-bond donors (Lipinski definition) is 0. The van der Waals surface area contributed by atoms with Gasteiger partial charge in [0.15, 0.2) is 0 Å². The molecule has 0 saturated heterocycles. The first kappa shape index (κ1) is 12.7. The first-order valence-electron chi connectivity index (χ1n) is 1.13. The number of halogens is 6. The topological polar surface area (TPSA) is 0 Å². The third-order valence-electron chi connectivity index (χ3n) is 0. The van der Waals surface area contributed by atoms with Crippen molar-refractivity contribution in [3.63, 3.8) is 0 Å². The van der Waals surface area contributed by atoms with E-state index in [0.29, 0.717) is 0 Å². The largest absolute Gasteiger partial charge is 1.00 e. The van der Waals surface area contributed by atoms with Crippen molar-refractivity contribution in [2.45, 2.75) is 0 Å². The zero-order chi connectivity index (χ0) is 6.41. The van der Waals surface area contributed by atoms with E-state index < -0.39 is 21.0 Å². The van der Waals surface area contributed by atoms with Crippen LogP contribution in [0.4, 0.5) is 15.8 Å². The number of rotatable bonds is 0. The Balaban J connectivity index is 0. The first-order chi connectivity index (χ1) is 2.45. The second-order valence-corrected chi connectivity index (χ2v) is 6.34. The molecule has 0 rings (SSSR count). The fourth-order valence-electron chi connectivity index (χ4n) is 0. The van der Waals surface area contributed by atoms with Crippen LogP contribution in [0.1, 0.15) is 0 Å². The van der Waals surface area contributed by atoms with Crippen molar-refractivity contribution in [3.05, 3.63) is 0 Å². The van der Waals surface area contributed by atoms with Gasteiger partial charge < -0.3 is 0 Å². The molecule has 0 bridgehead atoms. The predicted molar refractivity (Wildman–Crippen MR) is 6.65 cm³/mol. The Morgan fingerprint density at radius 1 is 0.625 bits per heavy atom. The third kappa shape index (κ3) is 92.6. The maximum Gasteiger partial charge on any atom is 1.00 e. The van der Waals surface area contributed by atoms with Gasteiger partial charge in [-0.15, -0.1) is 0 Å². The monoisotopic (exact) mass is 243 g/mol. The van der Waals surface area contributed by atoms with Crippen molar-refractivity contribution < 1.29 is 88.1 Å². The van der Waals surface area contributed by atoms with Gasteiger partial charge in [-0.3, -0.25) is 0 Å². The van der Waals surface area contributed by atoms with E-state index >= 15 is 0 Å². The standard InChI is InChI=1S/6FH.K.Zr/h6*1H;;/q;;;;;;+1;+4/p-6. The average molecular weight is 244 g/mol. The summed E-state index contributed by atoms with van der Waals surface area (Å²) < 4.78 is 59.6. The molecule has 8 heavy (non-hydrogen) atoms. The van der Waals surface area contributed by atoms with Crippen LogP contribution in [0.15, 0.2) is 0 Å². The molecule has 0 N–H and O–H groups in total. The molecule has 0 aromatic carbocycles. The van der Waals surface area contributed by atoms with E-state index in [4.69, 9.17) is 0 Å². The molecule has 0 nitrogen and oxygen atoms in total. The molecule has 0 aliphatic rings. The summed E-state index contributed by atoms with van der Waals surface area (Å²) in [7, 11) is 0. The molecule has 0 radical (unpaired) electrons. The zero-order valence-corrected chi connectivity index (χ0v) is 9.35.